The van der Waals surface area contributed by atoms with Gasteiger partial charge >= 0.3 is 0 Å². The second-order valence-corrected chi connectivity index (χ2v) is 18.7. The van der Waals surface area contributed by atoms with E-state index in [1.807, 2.05) is 65.2 Å². The molecule has 3 aliphatic rings. The molecule has 0 aliphatic carbocycles. The molecule has 2 fully saturated rings. The number of H-pyrrole nitrogens is 1. The fraction of sp³-hybridized carbons (Fsp3) is 0.302. The van der Waals surface area contributed by atoms with Gasteiger partial charge in [0.1, 0.15) is 18.1 Å². The molecule has 16 heteroatoms. The summed E-state index contributed by atoms with van der Waals surface area (Å²) in [7, 11) is -1.37. The van der Waals surface area contributed by atoms with Crippen LogP contribution in [0.5, 0.6) is 5.75 Å². The molecule has 9 rings (SSSR count). The Hall–Kier alpha value is -4.60. The van der Waals surface area contributed by atoms with E-state index in [-0.39, 0.29) is 23.2 Å². The highest BCUT2D eigenvalue weighted by Crippen LogP contribution is 2.51. The first-order valence-corrected chi connectivity index (χ1v) is 22.4. The van der Waals surface area contributed by atoms with Gasteiger partial charge in [0.2, 0.25) is 0 Å². The fourth-order valence-electron chi connectivity index (χ4n) is 8.83. The van der Waals surface area contributed by atoms with Crippen LogP contribution in [0.3, 0.4) is 0 Å². The molecule has 0 bridgehead atoms. The topological polar surface area (TPSA) is 139 Å². The number of carbonyl (C=O) groups excluding carboxylic acids is 1. The Kier molecular flexibility index (Phi) is 10.9. The van der Waals surface area contributed by atoms with E-state index < -0.39 is 21.8 Å². The fourth-order valence-corrected chi connectivity index (χ4v) is 10.8. The van der Waals surface area contributed by atoms with Gasteiger partial charge in [0.15, 0.2) is 9.84 Å². The lowest BCUT2D eigenvalue weighted by Gasteiger charge is -2.41. The van der Waals surface area contributed by atoms with Crippen LogP contribution in [0.25, 0.3) is 33.4 Å². The number of hydrogen-bond donors (Lipinski definition) is 2. The average molecular weight is 875 g/mol. The van der Waals surface area contributed by atoms with Gasteiger partial charge in [-0.25, -0.2) is 24.3 Å². The molecule has 1 amide bonds. The number of nitrogens with zero attached hydrogens (tertiary/aromatic N) is 5. The molecule has 12 nitrogen and oxygen atoms in total. The molecule has 6 aromatic rings. The van der Waals surface area contributed by atoms with Crippen molar-refractivity contribution in [1.29, 1.82) is 0 Å². The van der Waals surface area contributed by atoms with Gasteiger partial charge in [-0.1, -0.05) is 71.2 Å². The van der Waals surface area contributed by atoms with Crippen LogP contribution in [0.1, 0.15) is 40.5 Å². The summed E-state index contributed by atoms with van der Waals surface area (Å²) in [4.78, 5) is 28.1. The minimum atomic E-state index is -2.98. The van der Waals surface area contributed by atoms with E-state index in [9.17, 15) is 8.42 Å². The number of ether oxygens (including phenoxy) is 2. The lowest BCUT2D eigenvalue weighted by Crippen LogP contribution is -2.50. The van der Waals surface area contributed by atoms with E-state index in [0.29, 0.717) is 82.7 Å². The van der Waals surface area contributed by atoms with Crippen molar-refractivity contribution < 1.29 is 22.7 Å². The van der Waals surface area contributed by atoms with E-state index in [2.05, 4.69) is 14.8 Å². The zero-order valence-corrected chi connectivity index (χ0v) is 35.3. The number of amides is 1. The molecule has 3 N–H and O–H groups in total. The number of imidazole rings is 1. The van der Waals surface area contributed by atoms with Crippen molar-refractivity contribution in [3.63, 3.8) is 0 Å². The monoisotopic (exact) mass is 873 g/mol. The molecule has 0 unspecified atom stereocenters. The molecule has 2 saturated heterocycles. The zero-order valence-electron chi connectivity index (χ0n) is 32.2. The van der Waals surface area contributed by atoms with Gasteiger partial charge in [-0.2, -0.15) is 0 Å². The van der Waals surface area contributed by atoms with Gasteiger partial charge in [-0.15, -0.1) is 0 Å². The van der Waals surface area contributed by atoms with E-state index in [1.54, 1.807) is 31.6 Å². The molecule has 1 atom stereocenters. The van der Waals surface area contributed by atoms with E-state index in [4.69, 9.17) is 55.1 Å². The Labute approximate surface area is 357 Å². The third-order valence-electron chi connectivity index (χ3n) is 11.7. The molecule has 3 aliphatic heterocycles. The number of methoxy groups -OCH3 is 1. The predicted octanol–water partition coefficient (Wildman–Crippen LogP) is 7.85. The van der Waals surface area contributed by atoms with Gasteiger partial charge in [0.05, 0.1) is 53.2 Å². The van der Waals surface area contributed by atoms with Crippen molar-refractivity contribution in [1.82, 2.24) is 19.4 Å². The molecule has 306 valence electrons. The number of benzene rings is 4. The Morgan fingerprint density at radius 3 is 2.41 bits per heavy atom. The number of nitrogens with two attached hydrogens (primary N) is 1. The summed E-state index contributed by atoms with van der Waals surface area (Å²) in [5.74, 6) is 7.46. The molecule has 59 heavy (non-hydrogen) atoms. The first kappa shape index (κ1) is 39.8. The smallest absolute Gasteiger partial charge is 0.289 e. The Morgan fingerprint density at radius 2 is 1.68 bits per heavy atom. The maximum atomic E-state index is 15.2. The number of halogens is 3. The second-order valence-electron chi connectivity index (χ2n) is 15.1. The Bertz CT molecular complexity index is 2670. The number of aromatic nitrogens is 3. The number of hydrogen-bond acceptors (Lipinski definition) is 9. The molecular weight excluding hydrogens is 833 g/mol. The van der Waals surface area contributed by atoms with Crippen LogP contribution >= 0.6 is 34.8 Å². The third kappa shape index (κ3) is 7.47. The first-order valence-electron chi connectivity index (χ1n) is 19.5. The first-order chi connectivity index (χ1) is 28.5. The summed E-state index contributed by atoms with van der Waals surface area (Å²) in [6.07, 6.45) is 3.45. The van der Waals surface area contributed by atoms with Crippen LogP contribution in [0, 0.1) is 0 Å². The van der Waals surface area contributed by atoms with Crippen molar-refractivity contribution in [3.05, 3.63) is 117 Å². The van der Waals surface area contributed by atoms with Gasteiger partial charge < -0.3 is 23.9 Å². The third-order valence-corrected chi connectivity index (χ3v) is 14.1. The Balaban J connectivity index is 1.14. The maximum Gasteiger partial charge on any atom is 0.289 e. The van der Waals surface area contributed by atoms with Gasteiger partial charge in [-0.05, 0) is 60.4 Å². The standard InChI is InChI=1S/C43H42Cl3N7O5S/c1-57-17-18-58-30-8-10-35(51-13-11-29(12-14-51)50-15-19-59(55,56)20-16-50)36(24-30)53(47)43(54)40-38-37-32(21-28(45)23-34(37)49-40)41(31-9-7-27(44)22-33(31)46)52-25-48-39(42(38)52)26-5-3-2-4-6-26/h2-10,21-25,29,41,49H,11-20,47H2,1H3/t41-/m1/s1. The van der Waals surface area contributed by atoms with Crippen molar-refractivity contribution >= 4 is 72.8 Å². The zero-order chi connectivity index (χ0) is 41.0. The molecule has 2 aromatic heterocycles. The minimum absolute atomic E-state index is 0.193. The number of carbonyl (C=O) groups is 1. The largest absolute Gasteiger partial charge is 0.491 e. The highest BCUT2D eigenvalue weighted by atomic mass is 35.5. The lowest BCUT2D eigenvalue weighted by atomic mass is 9.87. The maximum absolute atomic E-state index is 15.2. The van der Waals surface area contributed by atoms with Crippen LogP contribution < -0.4 is 20.5 Å². The number of fused-ring (bicyclic) bond motifs is 2. The summed E-state index contributed by atoms with van der Waals surface area (Å²) < 4.78 is 37.5. The number of nitrogens with one attached hydrogen (secondary N) is 1. The van der Waals surface area contributed by atoms with Crippen LogP contribution in [0.15, 0.2) is 85.2 Å². The van der Waals surface area contributed by atoms with E-state index >= 15 is 4.79 Å². The van der Waals surface area contributed by atoms with Crippen LogP contribution in [-0.2, 0) is 14.6 Å². The van der Waals surface area contributed by atoms with E-state index in [1.165, 1.54) is 5.01 Å². The van der Waals surface area contributed by atoms with Gasteiger partial charge in [0, 0.05) is 82.5 Å². The quantitative estimate of drug-likeness (QED) is 0.0609. The molecule has 0 saturated carbocycles. The van der Waals surface area contributed by atoms with Crippen LogP contribution in [0.4, 0.5) is 11.4 Å². The highest BCUT2D eigenvalue weighted by Gasteiger charge is 2.38. The summed E-state index contributed by atoms with van der Waals surface area (Å²) in [6, 6.07) is 24.4. The number of piperidine rings is 1. The second kappa shape index (κ2) is 16.1. The number of hydrazine groups is 1. The Morgan fingerprint density at radius 1 is 0.915 bits per heavy atom. The molecule has 0 radical (unpaired) electrons. The van der Waals surface area contributed by atoms with Crippen molar-refractivity contribution in [2.75, 3.05) is 67.9 Å². The number of aromatic amines is 1. The van der Waals surface area contributed by atoms with Gasteiger partial charge in [0.25, 0.3) is 5.91 Å². The van der Waals surface area contributed by atoms with Crippen LogP contribution in [0.2, 0.25) is 15.1 Å². The normalized spacial score (nSPS) is 17.9. The summed E-state index contributed by atoms with van der Waals surface area (Å²) in [5.41, 5.74) is 6.71. The SMILES string of the molecule is COCCOc1ccc(N2CCC(N3CCS(=O)(=O)CC3)CC2)c(N(N)C(=O)c2[nH]c3cc(Cl)cc4c3c2-c2c(-c3ccccc3)ncn2[C@@H]4c2ccc(Cl)cc2Cl)c1. The predicted molar refractivity (Wildman–Crippen MR) is 234 cm³/mol. The number of rotatable bonds is 10. The molecule has 0 spiro atoms. The average Bonchev–Trinajstić information content (AvgIpc) is 3.84. The van der Waals surface area contributed by atoms with E-state index in [0.717, 1.165) is 46.3 Å². The number of anilines is 2. The number of sulfone groups is 1. The van der Waals surface area contributed by atoms with Gasteiger partial charge in [-0.3, -0.25) is 9.69 Å². The van der Waals surface area contributed by atoms with Crippen molar-refractivity contribution in [2.24, 2.45) is 5.84 Å². The van der Waals surface area contributed by atoms with Crippen LogP contribution in [-0.4, -0.2) is 97.8 Å². The summed E-state index contributed by atoms with van der Waals surface area (Å²) in [6.45, 7) is 3.19. The highest BCUT2D eigenvalue weighted by molar-refractivity contribution is 7.91. The molecular formula is C43H42Cl3N7O5S. The summed E-state index contributed by atoms with van der Waals surface area (Å²) >= 11 is 20.1. The lowest BCUT2D eigenvalue weighted by molar-refractivity contribution is 0.0983. The van der Waals surface area contributed by atoms with Crippen molar-refractivity contribution in [2.45, 2.75) is 24.9 Å². The summed E-state index contributed by atoms with van der Waals surface area (Å²) in [5, 5.41) is 3.46. The minimum Gasteiger partial charge on any atom is -0.491 e. The molecule has 5 heterocycles. The van der Waals surface area contributed by atoms with Crippen molar-refractivity contribution in [3.8, 4) is 28.3 Å². The molecule has 4 aromatic carbocycles.